The van der Waals surface area contributed by atoms with Crippen molar-refractivity contribution >= 4 is 29.2 Å². The number of hydrogen-bond acceptors (Lipinski definition) is 2. The smallest absolute Gasteiger partial charge is 0.317 e. The SMILES string of the molecule is C[C@@H](NC(=O)N1CCC(C#N)CC1)c1cc(F)c(Cl)cc1Cl. The maximum absolute atomic E-state index is 13.5. The number of likely N-dealkylation sites (tertiary alicyclic amines) is 1. The quantitative estimate of drug-likeness (QED) is 0.820. The van der Waals surface area contributed by atoms with E-state index in [-0.39, 0.29) is 17.0 Å². The number of hydrogen-bond donors (Lipinski definition) is 1. The van der Waals surface area contributed by atoms with Crippen molar-refractivity contribution in [3.05, 3.63) is 33.6 Å². The molecule has 1 fully saturated rings. The fourth-order valence-electron chi connectivity index (χ4n) is 2.44. The third-order valence-corrected chi connectivity index (χ3v) is 4.43. The molecular formula is C15H16Cl2FN3O. The van der Waals surface area contributed by atoms with Crippen LogP contribution in [0, 0.1) is 23.1 Å². The third kappa shape index (κ3) is 3.82. The fourth-order valence-corrected chi connectivity index (χ4v) is 2.98. The Bertz CT molecular complexity index is 610. The predicted octanol–water partition coefficient (Wildman–Crippen LogP) is 4.14. The van der Waals surface area contributed by atoms with E-state index in [1.54, 1.807) is 11.8 Å². The van der Waals surface area contributed by atoms with Crippen LogP contribution in [0.2, 0.25) is 10.0 Å². The molecule has 0 spiro atoms. The molecule has 1 N–H and O–H groups in total. The first-order valence-electron chi connectivity index (χ1n) is 7.02. The minimum absolute atomic E-state index is 0.0151. The molecule has 2 rings (SSSR count). The largest absolute Gasteiger partial charge is 0.331 e. The van der Waals surface area contributed by atoms with E-state index in [9.17, 15) is 9.18 Å². The Kier molecular flexibility index (Phi) is 5.49. The lowest BCUT2D eigenvalue weighted by molar-refractivity contribution is 0.176. The molecule has 1 aliphatic rings. The highest BCUT2D eigenvalue weighted by molar-refractivity contribution is 6.35. The monoisotopic (exact) mass is 343 g/mol. The van der Waals surface area contributed by atoms with Gasteiger partial charge in [-0.3, -0.25) is 0 Å². The van der Waals surface area contributed by atoms with Gasteiger partial charge in [-0.15, -0.1) is 0 Å². The molecule has 2 amide bonds. The van der Waals surface area contributed by atoms with Crippen LogP contribution in [-0.4, -0.2) is 24.0 Å². The summed E-state index contributed by atoms with van der Waals surface area (Å²) >= 11 is 11.7. The average Bonchev–Trinajstić information content (AvgIpc) is 2.50. The van der Waals surface area contributed by atoms with E-state index >= 15 is 0 Å². The lowest BCUT2D eigenvalue weighted by Gasteiger charge is -2.30. The summed E-state index contributed by atoms with van der Waals surface area (Å²) in [4.78, 5) is 13.9. The molecule has 1 atom stereocenters. The molecule has 22 heavy (non-hydrogen) atoms. The second kappa shape index (κ2) is 7.17. The van der Waals surface area contributed by atoms with Crippen LogP contribution < -0.4 is 5.32 Å². The Morgan fingerprint density at radius 2 is 2.05 bits per heavy atom. The molecule has 0 aliphatic carbocycles. The zero-order valence-corrected chi connectivity index (χ0v) is 13.6. The first kappa shape index (κ1) is 16.9. The molecule has 0 unspecified atom stereocenters. The van der Waals surface area contributed by atoms with Gasteiger partial charge in [-0.1, -0.05) is 23.2 Å². The lowest BCUT2D eigenvalue weighted by Crippen LogP contribution is -2.45. The molecule has 1 aromatic rings. The number of nitrogens with zero attached hydrogens (tertiary/aromatic N) is 2. The van der Waals surface area contributed by atoms with E-state index in [0.29, 0.717) is 36.5 Å². The van der Waals surface area contributed by atoms with Gasteiger partial charge in [0.25, 0.3) is 0 Å². The Morgan fingerprint density at radius 1 is 1.41 bits per heavy atom. The molecule has 0 saturated carbocycles. The highest BCUT2D eigenvalue weighted by Crippen LogP contribution is 2.28. The second-order valence-electron chi connectivity index (χ2n) is 5.35. The Hall–Kier alpha value is -1.51. The highest BCUT2D eigenvalue weighted by Gasteiger charge is 2.24. The van der Waals surface area contributed by atoms with Gasteiger partial charge in [0.1, 0.15) is 5.82 Å². The maximum atomic E-state index is 13.5. The topological polar surface area (TPSA) is 56.1 Å². The summed E-state index contributed by atoms with van der Waals surface area (Å²) in [6.45, 7) is 2.81. The van der Waals surface area contributed by atoms with E-state index in [4.69, 9.17) is 28.5 Å². The second-order valence-corrected chi connectivity index (χ2v) is 6.16. The van der Waals surface area contributed by atoms with Crippen molar-refractivity contribution in [3.63, 3.8) is 0 Å². The number of urea groups is 1. The van der Waals surface area contributed by atoms with Crippen LogP contribution in [0.15, 0.2) is 12.1 Å². The average molecular weight is 344 g/mol. The number of rotatable bonds is 2. The number of nitrogens with one attached hydrogen (secondary N) is 1. The summed E-state index contributed by atoms with van der Waals surface area (Å²) in [6, 6.07) is 4.10. The maximum Gasteiger partial charge on any atom is 0.317 e. The summed E-state index contributed by atoms with van der Waals surface area (Å²) < 4.78 is 13.5. The molecule has 1 aliphatic heterocycles. The minimum atomic E-state index is -0.572. The van der Waals surface area contributed by atoms with Crippen molar-refractivity contribution in [3.8, 4) is 6.07 Å². The van der Waals surface area contributed by atoms with E-state index in [0.717, 1.165) is 0 Å². The van der Waals surface area contributed by atoms with Crippen molar-refractivity contribution in [2.45, 2.75) is 25.8 Å². The van der Waals surface area contributed by atoms with Crippen molar-refractivity contribution in [1.29, 1.82) is 5.26 Å². The van der Waals surface area contributed by atoms with Crippen molar-refractivity contribution in [2.24, 2.45) is 5.92 Å². The zero-order valence-electron chi connectivity index (χ0n) is 12.1. The number of carbonyl (C=O) groups is 1. The van der Waals surface area contributed by atoms with Crippen molar-refractivity contribution in [1.82, 2.24) is 10.2 Å². The van der Waals surface area contributed by atoms with Crippen LogP contribution in [0.3, 0.4) is 0 Å². The summed E-state index contributed by atoms with van der Waals surface area (Å²) in [5.41, 5.74) is 0.476. The van der Waals surface area contributed by atoms with Crippen LogP contribution in [-0.2, 0) is 0 Å². The molecule has 0 radical (unpaired) electrons. The lowest BCUT2D eigenvalue weighted by atomic mass is 9.99. The van der Waals surface area contributed by atoms with Crippen LogP contribution >= 0.6 is 23.2 Å². The van der Waals surface area contributed by atoms with Gasteiger partial charge in [-0.05, 0) is 37.5 Å². The number of benzene rings is 1. The molecule has 1 aromatic carbocycles. The first-order chi connectivity index (χ1) is 10.4. The van der Waals surface area contributed by atoms with Crippen molar-refractivity contribution < 1.29 is 9.18 Å². The zero-order chi connectivity index (χ0) is 16.3. The summed E-state index contributed by atoms with van der Waals surface area (Å²) in [7, 11) is 0. The molecule has 1 saturated heterocycles. The van der Waals surface area contributed by atoms with Gasteiger partial charge < -0.3 is 10.2 Å². The Morgan fingerprint density at radius 3 is 2.64 bits per heavy atom. The van der Waals surface area contributed by atoms with E-state index in [1.165, 1.54) is 12.1 Å². The Labute approximate surface area is 138 Å². The first-order valence-corrected chi connectivity index (χ1v) is 7.77. The summed E-state index contributed by atoms with van der Waals surface area (Å²) in [5.74, 6) is -0.557. The number of carbonyl (C=O) groups excluding carboxylic acids is 1. The van der Waals surface area contributed by atoms with Gasteiger partial charge in [-0.25, -0.2) is 9.18 Å². The van der Waals surface area contributed by atoms with Crippen LogP contribution in [0.5, 0.6) is 0 Å². The summed E-state index contributed by atoms with van der Waals surface area (Å²) in [6.07, 6.45) is 1.35. The number of amides is 2. The van der Waals surface area contributed by atoms with E-state index < -0.39 is 11.9 Å². The molecular weight excluding hydrogens is 328 g/mol. The number of piperidine rings is 1. The number of nitriles is 1. The molecule has 0 aromatic heterocycles. The van der Waals surface area contributed by atoms with Crippen LogP contribution in [0.1, 0.15) is 31.4 Å². The standard InChI is InChI=1S/C15H16Cl2FN3O/c1-9(11-6-14(18)13(17)7-12(11)16)20-15(22)21-4-2-10(8-19)3-5-21/h6-7,9-10H,2-5H2,1H3,(H,20,22)/t9-/m1/s1. The van der Waals surface area contributed by atoms with Gasteiger partial charge in [0.2, 0.25) is 0 Å². The van der Waals surface area contributed by atoms with Gasteiger partial charge >= 0.3 is 6.03 Å². The van der Waals surface area contributed by atoms with Gasteiger partial charge in [0.15, 0.2) is 0 Å². The normalized spacial score (nSPS) is 17.0. The minimum Gasteiger partial charge on any atom is -0.331 e. The highest BCUT2D eigenvalue weighted by atomic mass is 35.5. The van der Waals surface area contributed by atoms with Crippen molar-refractivity contribution in [2.75, 3.05) is 13.1 Å². The van der Waals surface area contributed by atoms with E-state index in [1.807, 2.05) is 0 Å². The van der Waals surface area contributed by atoms with Gasteiger partial charge in [-0.2, -0.15) is 5.26 Å². The molecule has 118 valence electrons. The van der Waals surface area contributed by atoms with Gasteiger partial charge in [0, 0.05) is 24.0 Å². The molecule has 0 bridgehead atoms. The fraction of sp³-hybridized carbons (Fsp3) is 0.467. The number of halogens is 3. The van der Waals surface area contributed by atoms with Gasteiger partial charge in [0.05, 0.1) is 17.1 Å². The third-order valence-electron chi connectivity index (χ3n) is 3.81. The molecule has 1 heterocycles. The van der Waals surface area contributed by atoms with Crippen LogP contribution in [0.25, 0.3) is 0 Å². The van der Waals surface area contributed by atoms with Crippen LogP contribution in [0.4, 0.5) is 9.18 Å². The molecule has 4 nitrogen and oxygen atoms in total. The predicted molar refractivity (Wildman–Crippen MR) is 83.3 cm³/mol. The van der Waals surface area contributed by atoms with E-state index in [2.05, 4.69) is 11.4 Å². The molecule has 7 heteroatoms. The summed E-state index contributed by atoms with van der Waals surface area (Å²) in [5, 5.41) is 11.9. The Balaban J connectivity index is 2.00.